The van der Waals surface area contributed by atoms with E-state index in [0.717, 1.165) is 25.2 Å². The van der Waals surface area contributed by atoms with Crippen LogP contribution in [0.15, 0.2) is 30.3 Å². The number of hydrogen-bond acceptors (Lipinski definition) is 3. The standard InChI is InChI=1S/C18H28N2O2/c1-15(2)17(13-20-11-7-8-12-20)19(3)18(21)22-14-16-9-5-4-6-10-16/h4-6,9-10,15,17H,7-8,11-14H2,1-3H3. The maximum Gasteiger partial charge on any atom is 0.410 e. The van der Waals surface area contributed by atoms with Crippen molar-refractivity contribution in [2.24, 2.45) is 5.92 Å². The lowest BCUT2D eigenvalue weighted by Crippen LogP contribution is -2.47. The van der Waals surface area contributed by atoms with Crippen LogP contribution in [-0.2, 0) is 11.3 Å². The molecule has 22 heavy (non-hydrogen) atoms. The largest absolute Gasteiger partial charge is 0.445 e. The molecule has 0 bridgehead atoms. The molecule has 0 N–H and O–H groups in total. The molecule has 1 atom stereocenters. The molecule has 1 aliphatic heterocycles. The molecule has 0 aliphatic carbocycles. The number of hydrogen-bond donors (Lipinski definition) is 0. The van der Waals surface area contributed by atoms with E-state index in [4.69, 9.17) is 4.74 Å². The minimum atomic E-state index is -0.234. The van der Waals surface area contributed by atoms with E-state index in [1.54, 1.807) is 4.90 Å². The Morgan fingerprint density at radius 3 is 2.45 bits per heavy atom. The van der Waals surface area contributed by atoms with Crippen molar-refractivity contribution in [1.29, 1.82) is 0 Å². The Labute approximate surface area is 134 Å². The Hall–Kier alpha value is -1.55. The van der Waals surface area contributed by atoms with Crippen LogP contribution in [0, 0.1) is 5.92 Å². The number of likely N-dealkylation sites (N-methyl/N-ethyl adjacent to an activating group) is 1. The minimum Gasteiger partial charge on any atom is -0.445 e. The zero-order valence-corrected chi connectivity index (χ0v) is 14.0. The van der Waals surface area contributed by atoms with Gasteiger partial charge in [-0.15, -0.1) is 0 Å². The molecule has 1 heterocycles. The first-order valence-corrected chi connectivity index (χ1v) is 8.24. The highest BCUT2D eigenvalue weighted by Gasteiger charge is 2.27. The third kappa shape index (κ3) is 4.73. The maximum absolute atomic E-state index is 12.3. The van der Waals surface area contributed by atoms with Gasteiger partial charge in [0, 0.05) is 19.6 Å². The number of benzene rings is 1. The second-order valence-corrected chi connectivity index (χ2v) is 6.47. The van der Waals surface area contributed by atoms with Crippen LogP contribution in [0.5, 0.6) is 0 Å². The van der Waals surface area contributed by atoms with E-state index in [2.05, 4.69) is 18.7 Å². The van der Waals surface area contributed by atoms with Gasteiger partial charge in [-0.3, -0.25) is 0 Å². The lowest BCUT2D eigenvalue weighted by Gasteiger charge is -2.33. The summed E-state index contributed by atoms with van der Waals surface area (Å²) in [5, 5.41) is 0. The first-order chi connectivity index (χ1) is 10.6. The van der Waals surface area contributed by atoms with E-state index >= 15 is 0 Å². The van der Waals surface area contributed by atoms with E-state index < -0.39 is 0 Å². The highest BCUT2D eigenvalue weighted by atomic mass is 16.6. The highest BCUT2D eigenvalue weighted by molar-refractivity contribution is 5.67. The van der Waals surface area contributed by atoms with Crippen LogP contribution in [0.1, 0.15) is 32.3 Å². The van der Waals surface area contributed by atoms with Crippen molar-refractivity contribution in [2.45, 2.75) is 39.3 Å². The third-order valence-electron chi connectivity index (χ3n) is 4.40. The normalized spacial score (nSPS) is 16.7. The van der Waals surface area contributed by atoms with E-state index in [-0.39, 0.29) is 12.1 Å². The third-order valence-corrected chi connectivity index (χ3v) is 4.40. The van der Waals surface area contributed by atoms with Gasteiger partial charge in [-0.2, -0.15) is 0 Å². The van der Waals surface area contributed by atoms with Crippen LogP contribution in [0.25, 0.3) is 0 Å². The maximum atomic E-state index is 12.3. The lowest BCUT2D eigenvalue weighted by molar-refractivity contribution is 0.0727. The van der Waals surface area contributed by atoms with Crippen LogP contribution in [0.2, 0.25) is 0 Å². The second-order valence-electron chi connectivity index (χ2n) is 6.47. The van der Waals surface area contributed by atoms with Gasteiger partial charge in [-0.25, -0.2) is 4.79 Å². The molecule has 0 spiro atoms. The molecule has 0 aromatic heterocycles. The SMILES string of the molecule is CC(C)C(CN1CCCC1)N(C)C(=O)OCc1ccccc1. The number of amides is 1. The van der Waals surface area contributed by atoms with Crippen molar-refractivity contribution in [3.8, 4) is 0 Å². The van der Waals surface area contributed by atoms with Gasteiger partial charge < -0.3 is 14.5 Å². The van der Waals surface area contributed by atoms with E-state index in [1.807, 2.05) is 37.4 Å². The number of carbonyl (C=O) groups excluding carboxylic acids is 1. The second kappa shape index (κ2) is 8.18. The number of rotatable bonds is 6. The fraction of sp³-hybridized carbons (Fsp3) is 0.611. The summed E-state index contributed by atoms with van der Waals surface area (Å²) in [5.74, 6) is 0.412. The molecule has 1 saturated heterocycles. The van der Waals surface area contributed by atoms with Gasteiger partial charge in [-0.05, 0) is 37.4 Å². The molecule has 2 rings (SSSR count). The van der Waals surface area contributed by atoms with E-state index in [9.17, 15) is 4.79 Å². The summed E-state index contributed by atoms with van der Waals surface area (Å²) in [6, 6.07) is 10.0. The monoisotopic (exact) mass is 304 g/mol. The van der Waals surface area contributed by atoms with Gasteiger partial charge in [0.25, 0.3) is 0 Å². The van der Waals surface area contributed by atoms with Crippen LogP contribution in [0.3, 0.4) is 0 Å². The summed E-state index contributed by atoms with van der Waals surface area (Å²) in [6.07, 6.45) is 2.31. The van der Waals surface area contributed by atoms with Crippen molar-refractivity contribution in [1.82, 2.24) is 9.80 Å². The van der Waals surface area contributed by atoms with Crippen LogP contribution >= 0.6 is 0 Å². The highest BCUT2D eigenvalue weighted by Crippen LogP contribution is 2.16. The van der Waals surface area contributed by atoms with Gasteiger partial charge in [0.15, 0.2) is 0 Å². The van der Waals surface area contributed by atoms with Gasteiger partial charge >= 0.3 is 6.09 Å². The van der Waals surface area contributed by atoms with Crippen molar-refractivity contribution in [3.05, 3.63) is 35.9 Å². The van der Waals surface area contributed by atoms with Crippen molar-refractivity contribution in [3.63, 3.8) is 0 Å². The molecule has 1 unspecified atom stereocenters. The molecule has 4 nitrogen and oxygen atoms in total. The topological polar surface area (TPSA) is 32.8 Å². The van der Waals surface area contributed by atoms with Gasteiger partial charge in [0.2, 0.25) is 0 Å². The first-order valence-electron chi connectivity index (χ1n) is 8.24. The quantitative estimate of drug-likeness (QED) is 0.808. The molecule has 1 aliphatic rings. The fourth-order valence-electron chi connectivity index (χ4n) is 2.97. The Kier molecular flexibility index (Phi) is 6.25. The summed E-state index contributed by atoms with van der Waals surface area (Å²) < 4.78 is 5.45. The Bertz CT molecular complexity index is 455. The number of carbonyl (C=O) groups is 1. The smallest absolute Gasteiger partial charge is 0.410 e. The molecule has 0 saturated carbocycles. The number of ether oxygens (including phenoxy) is 1. The number of likely N-dealkylation sites (tertiary alicyclic amines) is 1. The number of nitrogens with zero attached hydrogens (tertiary/aromatic N) is 2. The zero-order valence-electron chi connectivity index (χ0n) is 14.0. The molecular formula is C18H28N2O2. The van der Waals surface area contributed by atoms with Crippen molar-refractivity contribution < 1.29 is 9.53 Å². The van der Waals surface area contributed by atoms with E-state index in [1.165, 1.54) is 12.8 Å². The first kappa shape index (κ1) is 16.8. The molecule has 1 aromatic carbocycles. The molecular weight excluding hydrogens is 276 g/mol. The molecule has 122 valence electrons. The lowest BCUT2D eigenvalue weighted by atomic mass is 10.0. The van der Waals surface area contributed by atoms with Gasteiger partial charge in [0.1, 0.15) is 6.61 Å². The minimum absolute atomic E-state index is 0.196. The molecule has 1 amide bonds. The van der Waals surface area contributed by atoms with Gasteiger partial charge in [0.05, 0.1) is 0 Å². The fourth-order valence-corrected chi connectivity index (χ4v) is 2.97. The summed E-state index contributed by atoms with van der Waals surface area (Å²) in [4.78, 5) is 16.5. The summed E-state index contributed by atoms with van der Waals surface area (Å²) >= 11 is 0. The predicted molar refractivity (Wildman–Crippen MR) is 88.7 cm³/mol. The van der Waals surface area contributed by atoms with Crippen molar-refractivity contribution in [2.75, 3.05) is 26.7 Å². The van der Waals surface area contributed by atoms with Crippen LogP contribution in [-0.4, -0.2) is 48.6 Å². The van der Waals surface area contributed by atoms with Gasteiger partial charge in [-0.1, -0.05) is 44.2 Å². The molecule has 0 radical (unpaired) electrons. The van der Waals surface area contributed by atoms with Crippen molar-refractivity contribution >= 4 is 6.09 Å². The Balaban J connectivity index is 1.88. The predicted octanol–water partition coefficient (Wildman–Crippen LogP) is 3.38. The van der Waals surface area contributed by atoms with Crippen LogP contribution < -0.4 is 0 Å². The Morgan fingerprint density at radius 2 is 1.86 bits per heavy atom. The summed E-state index contributed by atoms with van der Waals surface area (Å²) in [7, 11) is 1.86. The summed E-state index contributed by atoms with van der Waals surface area (Å²) in [5.41, 5.74) is 1.02. The average molecular weight is 304 g/mol. The molecule has 1 aromatic rings. The van der Waals surface area contributed by atoms with Crippen LogP contribution in [0.4, 0.5) is 4.79 Å². The molecule has 4 heteroatoms. The molecule has 1 fully saturated rings. The zero-order chi connectivity index (χ0) is 15.9. The van der Waals surface area contributed by atoms with E-state index in [0.29, 0.717) is 12.5 Å². The average Bonchev–Trinajstić information content (AvgIpc) is 3.03. The Morgan fingerprint density at radius 1 is 1.23 bits per heavy atom. The summed E-state index contributed by atoms with van der Waals surface area (Å²) in [6.45, 7) is 7.91.